The van der Waals surface area contributed by atoms with Gasteiger partial charge in [-0.25, -0.2) is 22.2 Å². The van der Waals surface area contributed by atoms with Gasteiger partial charge in [-0.3, -0.25) is 9.82 Å². The maximum Gasteiger partial charge on any atom is 0.266 e. The molecule has 0 bridgehead atoms. The number of hydrogen-bond donors (Lipinski definition) is 2. The fourth-order valence-corrected chi connectivity index (χ4v) is 4.42. The van der Waals surface area contributed by atoms with Gasteiger partial charge in [0, 0.05) is 46.0 Å². The van der Waals surface area contributed by atoms with Gasteiger partial charge in [0.25, 0.3) is 10.0 Å². The summed E-state index contributed by atoms with van der Waals surface area (Å²) in [5.41, 5.74) is 1.08. The van der Waals surface area contributed by atoms with Gasteiger partial charge >= 0.3 is 0 Å². The summed E-state index contributed by atoms with van der Waals surface area (Å²) >= 11 is 6.77. The average Bonchev–Trinajstić information content (AvgIpc) is 3.39. The average molecular weight is 470 g/mol. The third-order valence-electron chi connectivity index (χ3n) is 3.83. The highest BCUT2D eigenvalue weighted by Crippen LogP contribution is 2.37. The predicted molar refractivity (Wildman–Crippen MR) is 106 cm³/mol. The summed E-state index contributed by atoms with van der Waals surface area (Å²) in [6, 6.07) is 5.74. The maximum absolute atomic E-state index is 14.6. The molecule has 0 amide bonds. The molecule has 0 atom stereocenters. The number of halogens is 3. The van der Waals surface area contributed by atoms with Crippen molar-refractivity contribution in [1.82, 2.24) is 19.6 Å². The van der Waals surface area contributed by atoms with Crippen LogP contribution >= 0.6 is 23.1 Å². The van der Waals surface area contributed by atoms with Crippen LogP contribution in [0, 0.1) is 11.6 Å². The van der Waals surface area contributed by atoms with Crippen LogP contribution in [0.25, 0.3) is 11.1 Å². The van der Waals surface area contributed by atoms with Gasteiger partial charge in [0.05, 0.1) is 6.20 Å². The third kappa shape index (κ3) is 4.10. The molecule has 0 aliphatic heterocycles. The number of benzene rings is 2. The molecule has 4 rings (SSSR count). The number of hydrogen-bond acceptors (Lipinski definition) is 7. The Morgan fingerprint density at radius 2 is 1.97 bits per heavy atom. The summed E-state index contributed by atoms with van der Waals surface area (Å²) in [6.45, 7) is 0. The lowest BCUT2D eigenvalue weighted by atomic mass is 10.1. The zero-order valence-electron chi connectivity index (χ0n) is 14.6. The van der Waals surface area contributed by atoms with E-state index in [4.69, 9.17) is 16.3 Å². The molecule has 2 heterocycles. The molecule has 2 N–H and O–H groups in total. The van der Waals surface area contributed by atoms with Crippen LogP contribution < -0.4 is 9.46 Å². The van der Waals surface area contributed by atoms with Gasteiger partial charge < -0.3 is 4.74 Å². The predicted octanol–water partition coefficient (Wildman–Crippen LogP) is 4.45. The van der Waals surface area contributed by atoms with Crippen molar-refractivity contribution in [3.05, 3.63) is 65.7 Å². The first-order valence-corrected chi connectivity index (χ1v) is 10.7. The minimum absolute atomic E-state index is 0.0824. The van der Waals surface area contributed by atoms with Crippen molar-refractivity contribution >= 4 is 38.3 Å². The molecule has 0 aliphatic rings. The van der Waals surface area contributed by atoms with E-state index in [1.807, 2.05) is 4.72 Å². The molecule has 0 saturated carbocycles. The second-order valence-corrected chi connectivity index (χ2v) is 8.66. The van der Waals surface area contributed by atoms with Crippen LogP contribution in [0.5, 0.6) is 11.5 Å². The largest absolute Gasteiger partial charge is 0.454 e. The SMILES string of the molecule is O=S(=O)(Nc1ncns1)c1cc(F)c(Oc2ccc(Cl)cc2-c2cn[nH]c2)cc1F. The van der Waals surface area contributed by atoms with E-state index in [0.29, 0.717) is 28.3 Å². The summed E-state index contributed by atoms with van der Waals surface area (Å²) in [5.74, 6) is -2.62. The lowest BCUT2D eigenvalue weighted by molar-refractivity contribution is 0.433. The minimum atomic E-state index is -4.42. The molecule has 154 valence electrons. The number of sulfonamides is 1. The van der Waals surface area contributed by atoms with E-state index in [1.165, 1.54) is 18.3 Å². The van der Waals surface area contributed by atoms with E-state index in [2.05, 4.69) is 19.6 Å². The number of ether oxygens (including phenoxy) is 1. The normalized spacial score (nSPS) is 11.4. The Morgan fingerprint density at radius 1 is 1.13 bits per heavy atom. The standard InChI is InChI=1S/C17H10ClF2N5O3S2/c18-10-1-2-14(11(3-10)9-6-22-23-7-9)28-15-4-13(20)16(5-12(15)19)30(26,27)25-17-21-8-24-29-17/h1-8H,(H,22,23)(H,21,24,25). The van der Waals surface area contributed by atoms with Crippen molar-refractivity contribution in [2.45, 2.75) is 4.90 Å². The Morgan fingerprint density at radius 3 is 2.67 bits per heavy atom. The Balaban J connectivity index is 1.69. The van der Waals surface area contributed by atoms with Crippen molar-refractivity contribution in [3.8, 4) is 22.6 Å². The lowest BCUT2D eigenvalue weighted by Crippen LogP contribution is -2.15. The van der Waals surface area contributed by atoms with Gasteiger partial charge in [0.1, 0.15) is 22.8 Å². The van der Waals surface area contributed by atoms with Crippen molar-refractivity contribution < 1.29 is 21.9 Å². The number of anilines is 1. The summed E-state index contributed by atoms with van der Waals surface area (Å²) in [5, 5.41) is 6.79. The molecule has 0 spiro atoms. The molecule has 13 heteroatoms. The molecule has 0 radical (unpaired) electrons. The quantitative estimate of drug-likeness (QED) is 0.431. The van der Waals surface area contributed by atoms with Crippen LogP contribution in [-0.4, -0.2) is 28.0 Å². The van der Waals surface area contributed by atoms with Crippen LogP contribution in [0.1, 0.15) is 0 Å². The number of aromatic nitrogens is 4. The highest BCUT2D eigenvalue weighted by atomic mass is 35.5. The summed E-state index contributed by atoms with van der Waals surface area (Å²) < 4.78 is 65.1. The first kappa shape index (κ1) is 20.2. The van der Waals surface area contributed by atoms with E-state index in [1.54, 1.807) is 12.3 Å². The molecule has 4 aromatic rings. The maximum atomic E-state index is 14.6. The van der Waals surface area contributed by atoms with Gasteiger partial charge in [-0.1, -0.05) is 11.6 Å². The fourth-order valence-electron chi connectivity index (χ4n) is 2.52. The van der Waals surface area contributed by atoms with E-state index in [0.717, 1.165) is 17.9 Å². The zero-order chi connectivity index (χ0) is 21.3. The molecular formula is C17H10ClF2N5O3S2. The van der Waals surface area contributed by atoms with E-state index < -0.39 is 32.3 Å². The van der Waals surface area contributed by atoms with Gasteiger partial charge in [-0.15, -0.1) is 0 Å². The Labute approximate surface area is 177 Å². The monoisotopic (exact) mass is 469 g/mol. The Bertz CT molecular complexity index is 1300. The zero-order valence-corrected chi connectivity index (χ0v) is 17.0. The Hall–Kier alpha value is -3.09. The van der Waals surface area contributed by atoms with Crippen LogP contribution in [0.3, 0.4) is 0 Å². The topological polar surface area (TPSA) is 110 Å². The molecule has 0 saturated heterocycles. The molecule has 2 aromatic carbocycles. The number of H-pyrrole nitrogens is 1. The van der Waals surface area contributed by atoms with E-state index >= 15 is 0 Å². The summed E-state index contributed by atoms with van der Waals surface area (Å²) in [4.78, 5) is 2.76. The molecule has 2 aromatic heterocycles. The van der Waals surface area contributed by atoms with Crippen molar-refractivity contribution in [2.75, 3.05) is 4.72 Å². The molecule has 0 fully saturated rings. The van der Waals surface area contributed by atoms with Crippen LogP contribution in [0.2, 0.25) is 5.02 Å². The van der Waals surface area contributed by atoms with Crippen molar-refractivity contribution in [1.29, 1.82) is 0 Å². The lowest BCUT2D eigenvalue weighted by Gasteiger charge is -2.13. The second-order valence-electron chi connectivity index (χ2n) is 5.79. The van der Waals surface area contributed by atoms with Gasteiger partial charge in [-0.05, 0) is 18.2 Å². The van der Waals surface area contributed by atoms with E-state index in [-0.39, 0.29) is 10.9 Å². The van der Waals surface area contributed by atoms with Crippen molar-refractivity contribution in [2.24, 2.45) is 0 Å². The number of nitrogens with one attached hydrogen (secondary N) is 2. The highest BCUT2D eigenvalue weighted by Gasteiger charge is 2.24. The first-order valence-electron chi connectivity index (χ1n) is 8.08. The van der Waals surface area contributed by atoms with Crippen molar-refractivity contribution in [3.63, 3.8) is 0 Å². The summed E-state index contributed by atoms with van der Waals surface area (Å²) in [7, 11) is -4.42. The van der Waals surface area contributed by atoms with Crippen LogP contribution in [0.4, 0.5) is 13.9 Å². The van der Waals surface area contributed by atoms with Crippen LogP contribution in [-0.2, 0) is 10.0 Å². The number of nitrogens with zero attached hydrogens (tertiary/aromatic N) is 3. The highest BCUT2D eigenvalue weighted by molar-refractivity contribution is 7.93. The minimum Gasteiger partial charge on any atom is -0.454 e. The summed E-state index contributed by atoms with van der Waals surface area (Å²) in [6.07, 6.45) is 4.20. The molecular weight excluding hydrogens is 460 g/mol. The molecule has 0 unspecified atom stereocenters. The molecule has 30 heavy (non-hydrogen) atoms. The number of aromatic amines is 1. The molecule has 0 aliphatic carbocycles. The van der Waals surface area contributed by atoms with E-state index in [9.17, 15) is 17.2 Å². The van der Waals surface area contributed by atoms with Gasteiger partial charge in [-0.2, -0.15) is 9.47 Å². The molecule has 8 nitrogen and oxygen atoms in total. The third-order valence-corrected chi connectivity index (χ3v) is 6.13. The van der Waals surface area contributed by atoms with Gasteiger partial charge in [0.15, 0.2) is 11.6 Å². The first-order chi connectivity index (χ1) is 14.3. The Kier molecular flexibility index (Phi) is 5.37. The van der Waals surface area contributed by atoms with Crippen LogP contribution in [0.15, 0.2) is 53.9 Å². The smallest absolute Gasteiger partial charge is 0.266 e. The fraction of sp³-hybridized carbons (Fsp3) is 0. The second kappa shape index (κ2) is 7.97. The number of rotatable bonds is 6. The van der Waals surface area contributed by atoms with Gasteiger partial charge in [0.2, 0.25) is 5.13 Å².